The molecule has 442 valence electrons. The number of rotatable bonds is 14. The minimum atomic E-state index is -1.14. The summed E-state index contributed by atoms with van der Waals surface area (Å²) in [5.41, 5.74) is 2.06. The highest BCUT2D eigenvalue weighted by molar-refractivity contribution is 8.00. The van der Waals surface area contributed by atoms with E-state index in [0.29, 0.717) is 55.0 Å². The van der Waals surface area contributed by atoms with Gasteiger partial charge in [-0.3, -0.25) is 24.0 Å². The van der Waals surface area contributed by atoms with Crippen molar-refractivity contribution < 1.29 is 52.5 Å². The monoisotopic (exact) mass is 1180 g/mol. The van der Waals surface area contributed by atoms with Crippen LogP contribution in [-0.2, 0) is 55.8 Å². The van der Waals surface area contributed by atoms with E-state index in [1.54, 1.807) is 68.1 Å². The van der Waals surface area contributed by atoms with Crippen molar-refractivity contribution in [1.82, 2.24) is 41.3 Å². The van der Waals surface area contributed by atoms with Crippen LogP contribution in [0.1, 0.15) is 122 Å². The number of carbonyl (C=O) groups excluding carboxylic acids is 7. The second-order valence-corrected chi connectivity index (χ2v) is 27.2. The smallest absolute Gasteiger partial charge is 0.410 e. The third kappa shape index (κ3) is 14.0. The zero-order chi connectivity index (χ0) is 59.4. The first kappa shape index (κ1) is 62.0. The summed E-state index contributed by atoms with van der Waals surface area (Å²) >= 11 is 9.01. The fourth-order valence-electron chi connectivity index (χ4n) is 11.9. The van der Waals surface area contributed by atoms with Gasteiger partial charge in [0, 0.05) is 26.9 Å². The number of ether oxygens (including phenoxy) is 4. The molecule has 8 rings (SSSR count). The molecule has 19 nitrogen and oxygen atoms in total. The Balaban J connectivity index is 0.880. The quantitative estimate of drug-likeness (QED) is 0.116. The molecule has 0 bridgehead atoms. The Kier molecular flexibility index (Phi) is 19.5. The van der Waals surface area contributed by atoms with Gasteiger partial charge in [0.15, 0.2) is 6.10 Å². The molecule has 5 N–H and O–H groups in total. The first-order valence-electron chi connectivity index (χ1n) is 28.1. The lowest BCUT2D eigenvalue weighted by atomic mass is 9.83. The van der Waals surface area contributed by atoms with Crippen LogP contribution in [0.15, 0.2) is 48.5 Å². The fraction of sp³-hybridized carbons (Fsp3) is 0.600. The van der Waals surface area contributed by atoms with Crippen LogP contribution < -0.4 is 26.6 Å². The topological polar surface area (TPSA) is 226 Å². The molecule has 0 radical (unpaired) electrons. The Bertz CT molecular complexity index is 2930. The molecule has 0 saturated carbocycles. The van der Waals surface area contributed by atoms with Crippen LogP contribution in [0.4, 0.5) is 9.59 Å². The number of nitrogens with one attached hydrogen (secondary N) is 5. The van der Waals surface area contributed by atoms with Gasteiger partial charge in [-0.25, -0.2) is 9.59 Å². The Morgan fingerprint density at radius 1 is 0.732 bits per heavy atom. The van der Waals surface area contributed by atoms with Gasteiger partial charge in [0.25, 0.3) is 5.91 Å². The summed E-state index contributed by atoms with van der Waals surface area (Å²) in [6.45, 7) is 16.7. The lowest BCUT2D eigenvalue weighted by Crippen LogP contribution is -2.58. The molecule has 2 aromatic carbocycles. The van der Waals surface area contributed by atoms with Gasteiger partial charge in [0.1, 0.15) is 43.0 Å². The first-order chi connectivity index (χ1) is 38.8. The average molecular weight is 1180 g/mol. The zero-order valence-corrected chi connectivity index (χ0v) is 51.1. The van der Waals surface area contributed by atoms with Gasteiger partial charge >= 0.3 is 12.2 Å². The second-order valence-electron chi connectivity index (χ2n) is 24.2. The number of thioether (sulfide) groups is 2. The number of amides is 7. The van der Waals surface area contributed by atoms with E-state index in [2.05, 4.69) is 50.3 Å². The molecule has 4 fully saturated rings. The molecule has 0 aromatic heterocycles. The molecular weight excluding hydrogens is 1100 g/mol. The number of benzene rings is 2. The van der Waals surface area contributed by atoms with Crippen LogP contribution in [0, 0.1) is 34.5 Å². The minimum Gasteiger partial charge on any atom is -0.444 e. The molecule has 82 heavy (non-hydrogen) atoms. The fourth-order valence-corrected chi connectivity index (χ4v) is 15.4. The predicted octanol–water partition coefficient (Wildman–Crippen LogP) is 5.54. The Morgan fingerprint density at radius 3 is 1.63 bits per heavy atom. The van der Waals surface area contributed by atoms with Crippen LogP contribution >= 0.6 is 35.7 Å². The Hall–Kier alpha value is -6.04. The Morgan fingerprint density at radius 2 is 1.18 bits per heavy atom. The van der Waals surface area contributed by atoms with Gasteiger partial charge in [-0.1, -0.05) is 100 Å². The second kappa shape index (κ2) is 25.8. The third-order valence-electron chi connectivity index (χ3n) is 16.2. The van der Waals surface area contributed by atoms with E-state index in [1.165, 1.54) is 18.9 Å². The molecular formula is C60H78N8O11S3. The van der Waals surface area contributed by atoms with Crippen molar-refractivity contribution in [2.75, 3.05) is 38.8 Å². The van der Waals surface area contributed by atoms with Crippen molar-refractivity contribution in [3.8, 4) is 23.7 Å². The zero-order valence-electron chi connectivity index (χ0n) is 48.7. The maximum absolute atomic E-state index is 14.8. The SMILES string of the molecule is CNC(=O)OC(C)C(=O)N[C@H]1CCS[C@H]2CC(C)(C)[C@@H](C(=O)N[C@H]3c4ccccc4C[C@H]3OCC#CC#CCO[C@@H]3Cc4ccccc4[C@@H]3NC(=O)[C@H]3N4C(=O)[C@@H](NC(=S)C(C)N(C)C(=O)OC(C)(C)C)CCS[C@H]4CC3(C)C)N2C1=O. The molecule has 12 atom stereocenters. The number of hydrogen-bond donors (Lipinski definition) is 5. The molecule has 4 saturated heterocycles. The van der Waals surface area contributed by atoms with E-state index in [1.807, 2.05) is 76.2 Å². The van der Waals surface area contributed by atoms with E-state index in [9.17, 15) is 33.6 Å². The summed E-state index contributed by atoms with van der Waals surface area (Å²) in [4.78, 5) is 101. The summed E-state index contributed by atoms with van der Waals surface area (Å²) in [5.74, 6) is 11.2. The maximum atomic E-state index is 14.8. The van der Waals surface area contributed by atoms with E-state index >= 15 is 0 Å². The van der Waals surface area contributed by atoms with Crippen LogP contribution in [-0.4, -0.2) is 165 Å². The standard InChI is InChI=1S/C60H78N8O11S3/c1-34(66(11)57(75)79-58(3,4)5)53(80)63-41-25-29-82-45-33-60(8,9)49(68(45)55(41)73)52(71)65-47-39-23-17-15-21-37(39)31-43(47)77-27-19-13-12-18-26-76-42-30-36-20-14-16-22-38(36)46(42)64-51(70)48-59(6,7)32-44-67(48)54(72)40(24-28-81-44)62-50(69)35(2)78-56(74)61-10/h14-17,20-23,34-35,40-49H,24-33H2,1-11H3,(H,61,74)(H,62,69)(H,63,80)(H,64,70)(H,65,71)/t34?,35?,40-,41-,42+,43+,44-,45-,46-,47-,48+,49+/m0/s1. The molecule has 2 aliphatic carbocycles. The number of nitrogens with zero attached hydrogens (tertiary/aromatic N) is 3. The molecule has 7 amide bonds. The highest BCUT2D eigenvalue weighted by atomic mass is 32.2. The highest BCUT2D eigenvalue weighted by Crippen LogP contribution is 2.49. The average Bonchev–Trinajstić information content (AvgIpc) is 3.21. The minimum absolute atomic E-state index is 0.0265. The van der Waals surface area contributed by atoms with Gasteiger partial charge in [-0.15, -0.1) is 23.5 Å². The summed E-state index contributed by atoms with van der Waals surface area (Å²) in [6, 6.07) is 10.9. The van der Waals surface area contributed by atoms with Crippen molar-refractivity contribution in [2.24, 2.45) is 10.8 Å². The molecule has 0 spiro atoms. The highest BCUT2D eigenvalue weighted by Gasteiger charge is 2.57. The molecule has 22 heteroatoms. The first-order valence-corrected chi connectivity index (χ1v) is 30.6. The number of fused-ring (bicyclic) bond motifs is 4. The number of carbonyl (C=O) groups is 7. The number of likely N-dealkylation sites (N-methyl/N-ethyl adjacent to an activating group) is 1. The molecule has 6 aliphatic rings. The van der Waals surface area contributed by atoms with Crippen molar-refractivity contribution in [3.05, 3.63) is 70.8 Å². The van der Waals surface area contributed by atoms with Crippen molar-refractivity contribution in [1.29, 1.82) is 0 Å². The number of hydrogen-bond acceptors (Lipinski definition) is 14. The number of thiocarbonyl (C=S) groups is 1. The summed E-state index contributed by atoms with van der Waals surface area (Å²) in [6.07, 6.45) is -0.239. The predicted molar refractivity (Wildman–Crippen MR) is 317 cm³/mol. The molecule has 2 aromatic rings. The number of alkyl carbamates (subject to hydrolysis) is 1. The van der Waals surface area contributed by atoms with E-state index in [4.69, 9.17) is 31.2 Å². The summed E-state index contributed by atoms with van der Waals surface area (Å²) in [7, 11) is 3.00. The van der Waals surface area contributed by atoms with Crippen molar-refractivity contribution in [2.45, 2.75) is 178 Å². The maximum Gasteiger partial charge on any atom is 0.410 e. The Labute approximate surface area is 495 Å². The van der Waals surface area contributed by atoms with Gasteiger partial charge in [-0.05, 0) is 117 Å². The summed E-state index contributed by atoms with van der Waals surface area (Å²) < 4.78 is 23.4. The van der Waals surface area contributed by atoms with E-state index in [0.717, 1.165) is 22.3 Å². The van der Waals surface area contributed by atoms with Gasteiger partial charge in [0.2, 0.25) is 23.6 Å². The normalized spacial score (nSPS) is 27.4. The van der Waals surface area contributed by atoms with Crippen LogP contribution in [0.3, 0.4) is 0 Å². The summed E-state index contributed by atoms with van der Waals surface area (Å²) in [5, 5.41) is 14.4. The molecule has 4 heterocycles. The van der Waals surface area contributed by atoms with Gasteiger partial charge in [0.05, 0.1) is 46.1 Å². The van der Waals surface area contributed by atoms with Crippen molar-refractivity contribution in [3.63, 3.8) is 0 Å². The van der Waals surface area contributed by atoms with Crippen LogP contribution in [0.2, 0.25) is 0 Å². The lowest BCUT2D eigenvalue weighted by molar-refractivity contribution is -0.145. The third-order valence-corrected chi connectivity index (χ3v) is 19.1. The van der Waals surface area contributed by atoms with Crippen LogP contribution in [0.25, 0.3) is 0 Å². The molecule has 4 aliphatic heterocycles. The van der Waals surface area contributed by atoms with E-state index < -0.39 is 95.1 Å². The largest absolute Gasteiger partial charge is 0.444 e. The molecule has 2 unspecified atom stereocenters. The van der Waals surface area contributed by atoms with Gasteiger partial charge < -0.3 is 60.2 Å². The van der Waals surface area contributed by atoms with Crippen LogP contribution in [0.5, 0.6) is 0 Å². The lowest BCUT2D eigenvalue weighted by Gasteiger charge is -2.36. The van der Waals surface area contributed by atoms with Gasteiger partial charge in [-0.2, -0.15) is 0 Å². The van der Waals surface area contributed by atoms with E-state index in [-0.39, 0.29) is 47.6 Å². The van der Waals surface area contributed by atoms with Crippen molar-refractivity contribution >= 4 is 82.5 Å².